The second kappa shape index (κ2) is 7.63. The lowest BCUT2D eigenvalue weighted by molar-refractivity contribution is 0.545. The summed E-state index contributed by atoms with van der Waals surface area (Å²) in [6, 6.07) is 2.23. The van der Waals surface area contributed by atoms with Crippen molar-refractivity contribution in [3.63, 3.8) is 0 Å². The molecule has 0 bridgehead atoms. The van der Waals surface area contributed by atoms with Crippen LogP contribution in [0.3, 0.4) is 0 Å². The van der Waals surface area contributed by atoms with Gasteiger partial charge in [-0.15, -0.1) is 0 Å². The molecule has 1 heterocycles. The average molecular weight is 275 g/mol. The van der Waals surface area contributed by atoms with Gasteiger partial charge in [-0.25, -0.2) is 0 Å². The van der Waals surface area contributed by atoms with Crippen LogP contribution in [0, 0.1) is 12.8 Å². The van der Waals surface area contributed by atoms with Crippen molar-refractivity contribution in [1.82, 2.24) is 10.3 Å². The van der Waals surface area contributed by atoms with Crippen LogP contribution in [-0.4, -0.2) is 25.1 Å². The molecule has 0 unspecified atom stereocenters. The molecule has 0 amide bonds. The van der Waals surface area contributed by atoms with E-state index in [0.717, 1.165) is 24.7 Å². The lowest BCUT2D eigenvalue weighted by Gasteiger charge is -2.26. The molecule has 3 nitrogen and oxygen atoms in total. The van der Waals surface area contributed by atoms with E-state index >= 15 is 0 Å². The Morgan fingerprint density at radius 2 is 2.10 bits per heavy atom. The summed E-state index contributed by atoms with van der Waals surface area (Å²) in [6.45, 7) is 7.46. The Morgan fingerprint density at radius 1 is 1.35 bits per heavy atom. The van der Waals surface area contributed by atoms with Gasteiger partial charge in [0.05, 0.1) is 0 Å². The highest BCUT2D eigenvalue weighted by atomic mass is 15.1. The molecule has 2 rings (SSSR count). The highest BCUT2D eigenvalue weighted by molar-refractivity contribution is 5.53. The van der Waals surface area contributed by atoms with Crippen molar-refractivity contribution in [2.75, 3.05) is 25.0 Å². The predicted octanol–water partition coefficient (Wildman–Crippen LogP) is 3.52. The zero-order chi connectivity index (χ0) is 14.4. The molecule has 0 atom stereocenters. The van der Waals surface area contributed by atoms with Gasteiger partial charge in [0.25, 0.3) is 0 Å². The van der Waals surface area contributed by atoms with Crippen LogP contribution in [0.25, 0.3) is 0 Å². The molecule has 0 radical (unpaired) electrons. The molecule has 1 aliphatic rings. The van der Waals surface area contributed by atoms with Crippen molar-refractivity contribution < 1.29 is 0 Å². The summed E-state index contributed by atoms with van der Waals surface area (Å²) >= 11 is 0. The summed E-state index contributed by atoms with van der Waals surface area (Å²) in [6.07, 6.45) is 8.85. The molecular weight excluding hydrogens is 246 g/mol. The van der Waals surface area contributed by atoms with Gasteiger partial charge in [-0.2, -0.15) is 0 Å². The van der Waals surface area contributed by atoms with Crippen LogP contribution in [-0.2, 0) is 6.54 Å². The molecule has 0 spiro atoms. The van der Waals surface area contributed by atoms with Gasteiger partial charge in [-0.05, 0) is 44.7 Å². The largest absolute Gasteiger partial charge is 0.374 e. The van der Waals surface area contributed by atoms with E-state index in [1.54, 1.807) is 0 Å². The van der Waals surface area contributed by atoms with E-state index in [2.05, 4.69) is 42.2 Å². The molecule has 0 saturated heterocycles. The molecule has 1 saturated carbocycles. The number of hydrogen-bond donors (Lipinski definition) is 1. The highest BCUT2D eigenvalue weighted by Gasteiger charge is 2.18. The zero-order valence-electron chi connectivity index (χ0n) is 13.3. The number of anilines is 1. The van der Waals surface area contributed by atoms with Gasteiger partial charge < -0.3 is 10.2 Å². The average Bonchev–Trinajstić information content (AvgIpc) is 2.93. The number of nitrogens with zero attached hydrogens (tertiary/aromatic N) is 2. The number of pyridine rings is 1. The molecule has 3 heteroatoms. The fraction of sp³-hybridized carbons (Fsp3) is 0.706. The van der Waals surface area contributed by atoms with Gasteiger partial charge in [0, 0.05) is 43.3 Å². The molecular formula is C17H29N3. The molecule has 20 heavy (non-hydrogen) atoms. The maximum atomic E-state index is 4.47. The Morgan fingerprint density at radius 3 is 2.80 bits per heavy atom. The van der Waals surface area contributed by atoms with Gasteiger partial charge >= 0.3 is 0 Å². The molecule has 112 valence electrons. The summed E-state index contributed by atoms with van der Waals surface area (Å²) in [7, 11) is 2.23. The molecule has 1 fully saturated rings. The fourth-order valence-electron chi connectivity index (χ4n) is 3.14. The lowest BCUT2D eigenvalue weighted by Crippen LogP contribution is -2.26. The summed E-state index contributed by atoms with van der Waals surface area (Å²) in [5.41, 5.74) is 3.79. The third kappa shape index (κ3) is 4.20. The standard InChI is InChI=1S/C17H29N3/c1-4-9-18-11-16-12-19-14(2)10-17(16)20(3)13-15-7-5-6-8-15/h10,12,15,18H,4-9,11,13H2,1-3H3. The van der Waals surface area contributed by atoms with E-state index in [0.29, 0.717) is 0 Å². The molecule has 1 N–H and O–H groups in total. The number of rotatable bonds is 7. The maximum absolute atomic E-state index is 4.47. The first-order valence-electron chi connectivity index (χ1n) is 8.08. The van der Waals surface area contributed by atoms with Crippen LogP contribution in [0.5, 0.6) is 0 Å². The van der Waals surface area contributed by atoms with Crippen molar-refractivity contribution in [2.24, 2.45) is 5.92 Å². The van der Waals surface area contributed by atoms with Crippen molar-refractivity contribution in [2.45, 2.75) is 52.5 Å². The predicted molar refractivity (Wildman–Crippen MR) is 86.2 cm³/mol. The Kier molecular flexibility index (Phi) is 5.84. The van der Waals surface area contributed by atoms with Gasteiger partial charge in [0.15, 0.2) is 0 Å². The van der Waals surface area contributed by atoms with E-state index in [1.165, 1.54) is 49.9 Å². The Labute approximate surface area is 123 Å². The molecule has 1 aromatic heterocycles. The van der Waals surface area contributed by atoms with Gasteiger partial charge in [-0.3, -0.25) is 4.98 Å². The summed E-state index contributed by atoms with van der Waals surface area (Å²) in [5, 5.41) is 3.49. The number of hydrogen-bond acceptors (Lipinski definition) is 3. The summed E-state index contributed by atoms with van der Waals surface area (Å²) < 4.78 is 0. The van der Waals surface area contributed by atoms with Crippen LogP contribution in [0.4, 0.5) is 5.69 Å². The van der Waals surface area contributed by atoms with E-state index in [4.69, 9.17) is 0 Å². The quantitative estimate of drug-likeness (QED) is 0.772. The first kappa shape index (κ1) is 15.3. The molecule has 1 aliphatic carbocycles. The smallest absolute Gasteiger partial charge is 0.0443 e. The fourth-order valence-corrected chi connectivity index (χ4v) is 3.14. The van der Waals surface area contributed by atoms with Gasteiger partial charge in [0.1, 0.15) is 0 Å². The van der Waals surface area contributed by atoms with Crippen LogP contribution < -0.4 is 10.2 Å². The van der Waals surface area contributed by atoms with E-state index < -0.39 is 0 Å². The second-order valence-corrected chi connectivity index (χ2v) is 6.16. The minimum atomic E-state index is 0.880. The summed E-state index contributed by atoms with van der Waals surface area (Å²) in [4.78, 5) is 6.90. The van der Waals surface area contributed by atoms with Crippen LogP contribution in [0.1, 0.15) is 50.3 Å². The summed E-state index contributed by atoms with van der Waals surface area (Å²) in [5.74, 6) is 0.880. The monoisotopic (exact) mass is 275 g/mol. The van der Waals surface area contributed by atoms with Gasteiger partial charge in [0.2, 0.25) is 0 Å². The number of aromatic nitrogens is 1. The van der Waals surface area contributed by atoms with Crippen molar-refractivity contribution >= 4 is 5.69 Å². The van der Waals surface area contributed by atoms with Crippen LogP contribution in [0.2, 0.25) is 0 Å². The third-order valence-electron chi connectivity index (χ3n) is 4.26. The molecule has 0 aliphatic heterocycles. The van der Waals surface area contributed by atoms with Crippen LogP contribution in [0.15, 0.2) is 12.3 Å². The van der Waals surface area contributed by atoms with Crippen molar-refractivity contribution in [1.29, 1.82) is 0 Å². The Hall–Kier alpha value is -1.09. The minimum Gasteiger partial charge on any atom is -0.374 e. The first-order chi connectivity index (χ1) is 9.70. The van der Waals surface area contributed by atoms with E-state index in [9.17, 15) is 0 Å². The normalized spacial score (nSPS) is 15.8. The molecule has 1 aromatic rings. The number of nitrogens with one attached hydrogen (secondary N) is 1. The second-order valence-electron chi connectivity index (χ2n) is 6.16. The highest BCUT2D eigenvalue weighted by Crippen LogP contribution is 2.28. The van der Waals surface area contributed by atoms with Crippen molar-refractivity contribution in [3.8, 4) is 0 Å². The molecule has 0 aromatic carbocycles. The van der Waals surface area contributed by atoms with Gasteiger partial charge in [-0.1, -0.05) is 19.8 Å². The number of aryl methyl sites for hydroxylation is 1. The SMILES string of the molecule is CCCNCc1cnc(C)cc1N(C)CC1CCCC1. The van der Waals surface area contributed by atoms with E-state index in [-0.39, 0.29) is 0 Å². The zero-order valence-corrected chi connectivity index (χ0v) is 13.3. The first-order valence-corrected chi connectivity index (χ1v) is 8.08. The lowest BCUT2D eigenvalue weighted by atomic mass is 10.1. The Balaban J connectivity index is 2.04. The van der Waals surface area contributed by atoms with Crippen LogP contribution >= 0.6 is 0 Å². The Bertz CT molecular complexity index is 411. The van der Waals surface area contributed by atoms with E-state index in [1.807, 2.05) is 6.20 Å². The topological polar surface area (TPSA) is 28.2 Å². The third-order valence-corrected chi connectivity index (χ3v) is 4.26. The maximum Gasteiger partial charge on any atom is 0.0443 e. The minimum absolute atomic E-state index is 0.880. The van der Waals surface area contributed by atoms with Crippen molar-refractivity contribution in [3.05, 3.63) is 23.5 Å².